The molecular weight excluding hydrogens is 320 g/mol. The summed E-state index contributed by atoms with van der Waals surface area (Å²) in [6.07, 6.45) is 1.52. The van der Waals surface area contributed by atoms with Gasteiger partial charge in [-0.3, -0.25) is 9.59 Å². The number of rotatable bonds is 4. The van der Waals surface area contributed by atoms with Crippen LogP contribution in [0.15, 0.2) is 34.9 Å². The molecular formula is C19H22N2O4. The van der Waals surface area contributed by atoms with Gasteiger partial charge in [0.05, 0.1) is 12.5 Å². The molecule has 6 nitrogen and oxygen atoms in total. The molecule has 1 atom stereocenters. The molecule has 3 rings (SSSR count). The summed E-state index contributed by atoms with van der Waals surface area (Å²) in [5.41, 5.74) is 2.29. The van der Waals surface area contributed by atoms with Gasteiger partial charge >= 0.3 is 5.97 Å². The van der Waals surface area contributed by atoms with Crippen LogP contribution in [0.2, 0.25) is 0 Å². The fourth-order valence-corrected chi connectivity index (χ4v) is 3.01. The van der Waals surface area contributed by atoms with E-state index in [1.807, 2.05) is 31.2 Å². The van der Waals surface area contributed by atoms with E-state index in [4.69, 9.17) is 9.26 Å². The molecule has 2 aromatic rings. The molecule has 132 valence electrons. The van der Waals surface area contributed by atoms with Crippen LogP contribution in [0.3, 0.4) is 0 Å². The van der Waals surface area contributed by atoms with Crippen LogP contribution in [0.25, 0.3) is 11.3 Å². The van der Waals surface area contributed by atoms with E-state index in [1.54, 1.807) is 17.9 Å². The summed E-state index contributed by atoms with van der Waals surface area (Å²) in [5.74, 6) is -0.153. The maximum atomic E-state index is 12.7. The highest BCUT2D eigenvalue weighted by molar-refractivity contribution is 5.93. The number of carbonyl (C=O) groups is 2. The van der Waals surface area contributed by atoms with E-state index in [-0.39, 0.29) is 23.5 Å². The van der Waals surface area contributed by atoms with Crippen molar-refractivity contribution in [3.63, 3.8) is 0 Å². The first-order valence-corrected chi connectivity index (χ1v) is 8.58. The smallest absolute Gasteiger partial charge is 0.310 e. The summed E-state index contributed by atoms with van der Waals surface area (Å²) in [5, 5.41) is 3.91. The minimum atomic E-state index is -0.263. The number of likely N-dealkylation sites (tertiary alicyclic amines) is 1. The van der Waals surface area contributed by atoms with Crippen molar-refractivity contribution in [2.75, 3.05) is 19.7 Å². The van der Waals surface area contributed by atoms with E-state index in [9.17, 15) is 9.59 Å². The predicted octanol–water partition coefficient (Wildman–Crippen LogP) is 3.07. The number of nitrogens with zero attached hydrogens (tertiary/aromatic N) is 2. The molecule has 0 N–H and O–H groups in total. The number of amides is 1. The third kappa shape index (κ3) is 3.90. The minimum absolute atomic E-state index is 0.212. The number of esters is 1. The maximum Gasteiger partial charge on any atom is 0.310 e. The molecule has 1 unspecified atom stereocenters. The summed E-state index contributed by atoms with van der Waals surface area (Å²) in [4.78, 5) is 26.3. The Morgan fingerprint density at radius 3 is 2.80 bits per heavy atom. The zero-order valence-corrected chi connectivity index (χ0v) is 14.5. The van der Waals surface area contributed by atoms with Crippen LogP contribution in [0.1, 0.15) is 35.8 Å². The van der Waals surface area contributed by atoms with Crippen LogP contribution >= 0.6 is 0 Å². The Bertz CT molecular complexity index is 751. The average molecular weight is 342 g/mol. The summed E-state index contributed by atoms with van der Waals surface area (Å²) >= 11 is 0. The van der Waals surface area contributed by atoms with Gasteiger partial charge in [0.1, 0.15) is 0 Å². The molecule has 2 heterocycles. The van der Waals surface area contributed by atoms with Crippen molar-refractivity contribution < 1.29 is 18.8 Å². The van der Waals surface area contributed by atoms with Crippen molar-refractivity contribution in [3.8, 4) is 11.3 Å². The quantitative estimate of drug-likeness (QED) is 0.799. The largest absolute Gasteiger partial charge is 0.466 e. The first-order valence-electron chi connectivity index (χ1n) is 8.58. The van der Waals surface area contributed by atoms with Crippen molar-refractivity contribution in [1.29, 1.82) is 0 Å². The predicted molar refractivity (Wildman–Crippen MR) is 91.9 cm³/mol. The number of hydrogen-bond donors (Lipinski definition) is 0. The Labute approximate surface area is 146 Å². The van der Waals surface area contributed by atoms with Crippen LogP contribution in [-0.4, -0.2) is 41.6 Å². The normalized spacial score (nSPS) is 17.4. The molecule has 0 aliphatic carbocycles. The van der Waals surface area contributed by atoms with Crippen LogP contribution < -0.4 is 0 Å². The summed E-state index contributed by atoms with van der Waals surface area (Å²) in [7, 11) is 0. The Morgan fingerprint density at radius 2 is 2.08 bits per heavy atom. The number of ether oxygens (including phenoxy) is 1. The third-order valence-electron chi connectivity index (χ3n) is 4.39. The van der Waals surface area contributed by atoms with Gasteiger partial charge in [0.25, 0.3) is 5.91 Å². The first-order chi connectivity index (χ1) is 12.1. The van der Waals surface area contributed by atoms with Gasteiger partial charge in [0.2, 0.25) is 0 Å². The molecule has 1 saturated heterocycles. The van der Waals surface area contributed by atoms with E-state index in [0.29, 0.717) is 25.5 Å². The van der Waals surface area contributed by atoms with E-state index in [0.717, 1.165) is 24.0 Å². The SMILES string of the molecule is CCOC(=O)C1CCCN(C(=O)c2cc(-c3ccc(C)cc3)on2)C1. The molecule has 1 amide bonds. The second-order valence-electron chi connectivity index (χ2n) is 6.28. The summed E-state index contributed by atoms with van der Waals surface area (Å²) in [6.45, 7) is 5.12. The molecule has 1 aliphatic heterocycles. The van der Waals surface area contributed by atoms with Gasteiger partial charge in [-0.15, -0.1) is 0 Å². The van der Waals surface area contributed by atoms with Crippen molar-refractivity contribution in [3.05, 3.63) is 41.6 Å². The van der Waals surface area contributed by atoms with Gasteiger partial charge in [-0.25, -0.2) is 0 Å². The molecule has 0 spiro atoms. The highest BCUT2D eigenvalue weighted by Gasteiger charge is 2.31. The zero-order chi connectivity index (χ0) is 17.8. The van der Waals surface area contributed by atoms with Crippen LogP contribution in [0, 0.1) is 12.8 Å². The lowest BCUT2D eigenvalue weighted by molar-refractivity contribution is -0.149. The summed E-state index contributed by atoms with van der Waals surface area (Å²) < 4.78 is 10.4. The first kappa shape index (κ1) is 17.2. The van der Waals surface area contributed by atoms with E-state index < -0.39 is 0 Å². The number of carbonyl (C=O) groups excluding carboxylic acids is 2. The highest BCUT2D eigenvalue weighted by Crippen LogP contribution is 2.23. The lowest BCUT2D eigenvalue weighted by atomic mass is 9.98. The third-order valence-corrected chi connectivity index (χ3v) is 4.39. The van der Waals surface area contributed by atoms with Gasteiger partial charge < -0.3 is 14.2 Å². The molecule has 1 aliphatic rings. The molecule has 1 aromatic carbocycles. The van der Waals surface area contributed by atoms with Gasteiger partial charge in [0.15, 0.2) is 11.5 Å². The standard InChI is InChI=1S/C19H22N2O4/c1-3-24-19(23)15-5-4-10-21(12-15)18(22)16-11-17(25-20-16)14-8-6-13(2)7-9-14/h6-9,11,15H,3-5,10,12H2,1-2H3. The van der Waals surface area contributed by atoms with Gasteiger partial charge in [0, 0.05) is 24.7 Å². The number of hydrogen-bond acceptors (Lipinski definition) is 5. The lowest BCUT2D eigenvalue weighted by Gasteiger charge is -2.30. The number of piperidine rings is 1. The van der Waals surface area contributed by atoms with Gasteiger partial charge in [-0.1, -0.05) is 35.0 Å². The molecule has 1 fully saturated rings. The van der Waals surface area contributed by atoms with Gasteiger partial charge in [-0.05, 0) is 26.7 Å². The second-order valence-corrected chi connectivity index (χ2v) is 6.28. The maximum absolute atomic E-state index is 12.7. The van der Waals surface area contributed by atoms with Crippen molar-refractivity contribution in [2.24, 2.45) is 5.92 Å². The minimum Gasteiger partial charge on any atom is -0.466 e. The van der Waals surface area contributed by atoms with E-state index >= 15 is 0 Å². The van der Waals surface area contributed by atoms with Crippen LogP contribution in [-0.2, 0) is 9.53 Å². The molecule has 6 heteroatoms. The number of benzene rings is 1. The van der Waals surface area contributed by atoms with E-state index in [2.05, 4.69) is 5.16 Å². The zero-order valence-electron chi connectivity index (χ0n) is 14.5. The Morgan fingerprint density at radius 1 is 1.32 bits per heavy atom. The molecule has 0 radical (unpaired) electrons. The topological polar surface area (TPSA) is 72.6 Å². The van der Waals surface area contributed by atoms with Crippen LogP contribution in [0.5, 0.6) is 0 Å². The van der Waals surface area contributed by atoms with Crippen molar-refractivity contribution in [1.82, 2.24) is 10.1 Å². The molecule has 1 aromatic heterocycles. The molecule has 0 saturated carbocycles. The second kappa shape index (κ2) is 7.51. The number of aryl methyl sites for hydroxylation is 1. The molecule has 25 heavy (non-hydrogen) atoms. The monoisotopic (exact) mass is 342 g/mol. The average Bonchev–Trinajstić information content (AvgIpc) is 3.12. The van der Waals surface area contributed by atoms with Crippen molar-refractivity contribution >= 4 is 11.9 Å². The fraction of sp³-hybridized carbons (Fsp3) is 0.421. The molecule has 0 bridgehead atoms. The summed E-state index contributed by atoms with van der Waals surface area (Å²) in [6, 6.07) is 9.48. The fourth-order valence-electron chi connectivity index (χ4n) is 3.01. The van der Waals surface area contributed by atoms with Crippen molar-refractivity contribution in [2.45, 2.75) is 26.7 Å². The lowest BCUT2D eigenvalue weighted by Crippen LogP contribution is -2.42. The number of aromatic nitrogens is 1. The van der Waals surface area contributed by atoms with Crippen LogP contribution in [0.4, 0.5) is 0 Å². The Hall–Kier alpha value is -2.63. The highest BCUT2D eigenvalue weighted by atomic mass is 16.5. The van der Waals surface area contributed by atoms with E-state index in [1.165, 1.54) is 0 Å². The Balaban J connectivity index is 1.70. The van der Waals surface area contributed by atoms with Gasteiger partial charge in [-0.2, -0.15) is 0 Å². The Kier molecular flexibility index (Phi) is 5.16.